The van der Waals surface area contributed by atoms with Crippen molar-refractivity contribution in [2.45, 2.75) is 20.3 Å². The first kappa shape index (κ1) is 13.3. The van der Waals surface area contributed by atoms with E-state index in [2.05, 4.69) is 15.3 Å². The lowest BCUT2D eigenvalue weighted by Crippen LogP contribution is -2.39. The van der Waals surface area contributed by atoms with E-state index in [1.807, 2.05) is 24.8 Å². The topological polar surface area (TPSA) is 81.9 Å². The summed E-state index contributed by atoms with van der Waals surface area (Å²) in [6, 6.07) is 3.68. The highest BCUT2D eigenvalue weighted by Gasteiger charge is 2.40. The van der Waals surface area contributed by atoms with E-state index < -0.39 is 5.41 Å². The number of aromatic nitrogens is 2. The Morgan fingerprint density at radius 2 is 2.32 bits per heavy atom. The molecule has 2 heterocycles. The zero-order chi connectivity index (χ0) is 14.0. The SMILES string of the molecule is CNC(=O)C1(C)CCN(c2nc(C)cc(C#N)n2)C1. The molecule has 1 N–H and O–H groups in total. The first-order valence-electron chi connectivity index (χ1n) is 6.21. The number of anilines is 1. The van der Waals surface area contributed by atoms with E-state index in [0.29, 0.717) is 18.2 Å². The maximum Gasteiger partial charge on any atom is 0.227 e. The van der Waals surface area contributed by atoms with Crippen LogP contribution in [-0.2, 0) is 4.79 Å². The van der Waals surface area contributed by atoms with Gasteiger partial charge in [0.15, 0.2) is 0 Å². The number of nitrogens with one attached hydrogen (secondary N) is 1. The van der Waals surface area contributed by atoms with Crippen molar-refractivity contribution >= 4 is 11.9 Å². The van der Waals surface area contributed by atoms with Gasteiger partial charge in [-0.3, -0.25) is 4.79 Å². The van der Waals surface area contributed by atoms with E-state index in [4.69, 9.17) is 5.26 Å². The van der Waals surface area contributed by atoms with Crippen molar-refractivity contribution in [2.75, 3.05) is 25.0 Å². The molecule has 1 unspecified atom stereocenters. The van der Waals surface area contributed by atoms with E-state index in [0.717, 1.165) is 18.7 Å². The highest BCUT2D eigenvalue weighted by Crippen LogP contribution is 2.32. The molecular weight excluding hydrogens is 242 g/mol. The first-order valence-corrected chi connectivity index (χ1v) is 6.21. The molecular formula is C13H17N5O. The minimum Gasteiger partial charge on any atom is -0.359 e. The van der Waals surface area contributed by atoms with Crippen LogP contribution >= 0.6 is 0 Å². The Kier molecular flexibility index (Phi) is 3.38. The van der Waals surface area contributed by atoms with Gasteiger partial charge in [0.05, 0.1) is 5.41 Å². The van der Waals surface area contributed by atoms with E-state index >= 15 is 0 Å². The van der Waals surface area contributed by atoms with Gasteiger partial charge < -0.3 is 10.2 Å². The quantitative estimate of drug-likeness (QED) is 0.842. The van der Waals surface area contributed by atoms with Gasteiger partial charge in [-0.1, -0.05) is 0 Å². The fourth-order valence-corrected chi connectivity index (χ4v) is 2.37. The van der Waals surface area contributed by atoms with Crippen LogP contribution in [0.5, 0.6) is 0 Å². The summed E-state index contributed by atoms with van der Waals surface area (Å²) in [6.07, 6.45) is 0.756. The molecule has 0 radical (unpaired) electrons. The molecule has 0 spiro atoms. The van der Waals surface area contributed by atoms with Crippen molar-refractivity contribution in [3.8, 4) is 6.07 Å². The summed E-state index contributed by atoms with van der Waals surface area (Å²) in [6.45, 7) is 5.06. The molecule has 6 heteroatoms. The third-order valence-electron chi connectivity index (χ3n) is 3.49. The summed E-state index contributed by atoms with van der Waals surface area (Å²) in [5, 5.41) is 11.6. The summed E-state index contributed by atoms with van der Waals surface area (Å²) >= 11 is 0. The Hall–Kier alpha value is -2.16. The average molecular weight is 259 g/mol. The lowest BCUT2D eigenvalue weighted by Gasteiger charge is -2.22. The largest absolute Gasteiger partial charge is 0.359 e. The number of hydrogen-bond donors (Lipinski definition) is 1. The van der Waals surface area contributed by atoms with Crippen molar-refractivity contribution in [1.82, 2.24) is 15.3 Å². The van der Waals surface area contributed by atoms with Crippen molar-refractivity contribution in [3.05, 3.63) is 17.5 Å². The Bertz CT molecular complexity index is 550. The number of aryl methyl sites for hydroxylation is 1. The third kappa shape index (κ3) is 2.50. The minimum absolute atomic E-state index is 0.0307. The molecule has 0 aromatic carbocycles. The van der Waals surface area contributed by atoms with Gasteiger partial charge in [0.25, 0.3) is 0 Å². The van der Waals surface area contributed by atoms with Crippen molar-refractivity contribution in [3.63, 3.8) is 0 Å². The Morgan fingerprint density at radius 3 is 2.95 bits per heavy atom. The number of carbonyl (C=O) groups excluding carboxylic acids is 1. The lowest BCUT2D eigenvalue weighted by molar-refractivity contribution is -0.128. The second-order valence-electron chi connectivity index (χ2n) is 5.12. The van der Waals surface area contributed by atoms with E-state index in [-0.39, 0.29) is 5.91 Å². The second kappa shape index (κ2) is 4.84. The Balaban J connectivity index is 2.24. The molecule has 1 atom stereocenters. The number of rotatable bonds is 2. The maximum absolute atomic E-state index is 11.9. The van der Waals surface area contributed by atoms with Crippen LogP contribution in [-0.4, -0.2) is 36.0 Å². The van der Waals surface area contributed by atoms with Gasteiger partial charge in [-0.05, 0) is 26.3 Å². The smallest absolute Gasteiger partial charge is 0.227 e. The molecule has 100 valence electrons. The van der Waals surface area contributed by atoms with Gasteiger partial charge in [-0.2, -0.15) is 5.26 Å². The fourth-order valence-electron chi connectivity index (χ4n) is 2.37. The van der Waals surface area contributed by atoms with Crippen LogP contribution in [0.25, 0.3) is 0 Å². The summed E-state index contributed by atoms with van der Waals surface area (Å²) < 4.78 is 0. The maximum atomic E-state index is 11.9. The fraction of sp³-hybridized carbons (Fsp3) is 0.538. The average Bonchev–Trinajstić information content (AvgIpc) is 2.81. The number of nitrogens with zero attached hydrogens (tertiary/aromatic N) is 4. The normalized spacial score (nSPS) is 22.1. The van der Waals surface area contributed by atoms with E-state index in [9.17, 15) is 4.79 Å². The highest BCUT2D eigenvalue weighted by molar-refractivity contribution is 5.83. The summed E-state index contributed by atoms with van der Waals surface area (Å²) in [4.78, 5) is 22.4. The van der Waals surface area contributed by atoms with E-state index in [1.54, 1.807) is 13.1 Å². The molecule has 1 aromatic heterocycles. The zero-order valence-corrected chi connectivity index (χ0v) is 11.4. The van der Waals surface area contributed by atoms with Crippen molar-refractivity contribution < 1.29 is 4.79 Å². The predicted octanol–water partition coefficient (Wildman–Crippen LogP) is 0.619. The standard InChI is InChI=1S/C13H17N5O/c1-9-6-10(7-14)17-12(16-9)18-5-4-13(2,8-18)11(19)15-3/h6H,4-5,8H2,1-3H3,(H,15,19). The molecule has 1 saturated heterocycles. The van der Waals surface area contributed by atoms with Crippen LogP contribution < -0.4 is 10.2 Å². The third-order valence-corrected chi connectivity index (χ3v) is 3.49. The van der Waals surface area contributed by atoms with Crippen LogP contribution in [0.15, 0.2) is 6.07 Å². The molecule has 0 saturated carbocycles. The van der Waals surface area contributed by atoms with Crippen LogP contribution in [0.2, 0.25) is 0 Å². The Morgan fingerprint density at radius 1 is 1.58 bits per heavy atom. The zero-order valence-electron chi connectivity index (χ0n) is 11.4. The molecule has 1 fully saturated rings. The van der Waals surface area contributed by atoms with E-state index in [1.165, 1.54) is 0 Å². The number of hydrogen-bond acceptors (Lipinski definition) is 5. The van der Waals surface area contributed by atoms with Crippen LogP contribution in [0.3, 0.4) is 0 Å². The molecule has 0 bridgehead atoms. The van der Waals surface area contributed by atoms with Gasteiger partial charge in [-0.25, -0.2) is 9.97 Å². The summed E-state index contributed by atoms with van der Waals surface area (Å²) in [5.41, 5.74) is 0.695. The summed E-state index contributed by atoms with van der Waals surface area (Å²) in [7, 11) is 1.65. The molecule has 19 heavy (non-hydrogen) atoms. The molecule has 1 amide bonds. The molecule has 1 aliphatic rings. The molecule has 0 aliphatic carbocycles. The molecule has 6 nitrogen and oxygen atoms in total. The lowest BCUT2D eigenvalue weighted by atomic mass is 9.89. The van der Waals surface area contributed by atoms with Gasteiger partial charge >= 0.3 is 0 Å². The monoisotopic (exact) mass is 259 g/mol. The Labute approximate surface area is 112 Å². The molecule has 1 aliphatic heterocycles. The number of nitriles is 1. The minimum atomic E-state index is -0.422. The highest BCUT2D eigenvalue weighted by atomic mass is 16.2. The first-order chi connectivity index (χ1) is 8.98. The van der Waals surface area contributed by atoms with Gasteiger partial charge in [0.1, 0.15) is 11.8 Å². The van der Waals surface area contributed by atoms with Crippen LogP contribution in [0, 0.1) is 23.7 Å². The molecule has 1 aromatic rings. The predicted molar refractivity (Wildman–Crippen MR) is 70.5 cm³/mol. The second-order valence-corrected chi connectivity index (χ2v) is 5.12. The van der Waals surface area contributed by atoms with Crippen LogP contribution in [0.4, 0.5) is 5.95 Å². The van der Waals surface area contributed by atoms with Gasteiger partial charge in [0.2, 0.25) is 11.9 Å². The van der Waals surface area contributed by atoms with Crippen LogP contribution in [0.1, 0.15) is 24.7 Å². The van der Waals surface area contributed by atoms with Gasteiger partial charge in [0, 0.05) is 25.8 Å². The van der Waals surface area contributed by atoms with Crippen molar-refractivity contribution in [1.29, 1.82) is 5.26 Å². The summed E-state index contributed by atoms with van der Waals surface area (Å²) in [5.74, 6) is 0.562. The molecule has 2 rings (SSSR count). The number of amides is 1. The van der Waals surface area contributed by atoms with Gasteiger partial charge in [-0.15, -0.1) is 0 Å². The van der Waals surface area contributed by atoms with Crippen molar-refractivity contribution in [2.24, 2.45) is 5.41 Å². The number of carbonyl (C=O) groups is 1.